The monoisotopic (exact) mass is 936 g/mol. The number of amides is 2. The highest BCUT2D eigenvalue weighted by Crippen LogP contribution is 2.41. The first-order valence-electron chi connectivity index (χ1n) is 27.7. The summed E-state index contributed by atoms with van der Waals surface area (Å²) in [5, 5.41) is 17.7. The van der Waals surface area contributed by atoms with Gasteiger partial charge in [0.15, 0.2) is 0 Å². The molecule has 6 fully saturated rings. The quantitative estimate of drug-likeness (QED) is 0.0643. The minimum atomic E-state index is -0.523. The fourth-order valence-corrected chi connectivity index (χ4v) is 14.1. The first kappa shape index (κ1) is 53.2. The molecule has 2 N–H and O–H groups in total. The van der Waals surface area contributed by atoms with Crippen LogP contribution >= 0.6 is 0 Å². The highest BCUT2D eigenvalue weighted by Gasteiger charge is 2.40. The van der Waals surface area contributed by atoms with Crippen molar-refractivity contribution in [2.24, 2.45) is 71.0 Å². The van der Waals surface area contributed by atoms with Crippen LogP contribution in [0.5, 0.6) is 0 Å². The number of nitro groups is 1. The minimum absolute atomic E-state index is 0.0384. The number of hydrogen-bond acceptors (Lipinski definition) is 9. The SMILES string of the molecule is CC(C)(C)OC(=O)[C@@H]1CCCC[C@H]1CCC(=O)[C@@H]1CCCC[C@H]1CNC(=O)[C@@H]1CCCC[C@H]1CCC(=O)[C@@H]1CCCC[C@H]1CCC(=O)[C@@H]1CCCC[C@H]1CNC(=O)[C@@H]1CCCC[C@H]1C[N+](=O)[O-]. The van der Waals surface area contributed by atoms with E-state index in [4.69, 9.17) is 4.74 Å². The Morgan fingerprint density at radius 2 is 0.746 bits per heavy atom. The van der Waals surface area contributed by atoms with E-state index in [2.05, 4.69) is 10.6 Å². The molecule has 0 aromatic carbocycles. The van der Waals surface area contributed by atoms with Gasteiger partial charge in [0.05, 0.1) is 5.92 Å². The third-order valence-electron chi connectivity index (χ3n) is 17.8. The molecule has 67 heavy (non-hydrogen) atoms. The van der Waals surface area contributed by atoms with Crippen LogP contribution in [0.1, 0.15) is 213 Å². The molecule has 6 aliphatic rings. The van der Waals surface area contributed by atoms with Crippen LogP contribution < -0.4 is 10.6 Å². The molecule has 0 aliphatic heterocycles. The summed E-state index contributed by atoms with van der Waals surface area (Å²) in [4.78, 5) is 93.1. The maximum atomic E-state index is 14.1. The van der Waals surface area contributed by atoms with Crippen molar-refractivity contribution >= 4 is 35.1 Å². The average Bonchev–Trinajstić information content (AvgIpc) is 3.32. The van der Waals surface area contributed by atoms with Gasteiger partial charge in [-0.3, -0.25) is 38.9 Å². The molecule has 0 radical (unpaired) electrons. The third-order valence-corrected chi connectivity index (χ3v) is 17.8. The van der Waals surface area contributed by atoms with Gasteiger partial charge >= 0.3 is 5.97 Å². The number of nitrogens with zero attached hydrogens (tertiary/aromatic N) is 1. The normalized spacial score (nSPS) is 32.9. The minimum Gasteiger partial charge on any atom is -0.460 e. The van der Waals surface area contributed by atoms with Crippen LogP contribution in [0.25, 0.3) is 0 Å². The molecule has 0 aromatic rings. The van der Waals surface area contributed by atoms with Gasteiger partial charge in [-0.1, -0.05) is 77.0 Å². The highest BCUT2D eigenvalue weighted by atomic mass is 16.6. The van der Waals surface area contributed by atoms with Crippen molar-refractivity contribution < 1.29 is 38.4 Å². The van der Waals surface area contributed by atoms with Crippen molar-refractivity contribution in [2.75, 3.05) is 19.6 Å². The molecule has 378 valence electrons. The molecule has 12 heteroatoms. The Labute approximate surface area is 402 Å². The molecule has 0 unspecified atom stereocenters. The first-order valence-corrected chi connectivity index (χ1v) is 27.7. The molecule has 0 bridgehead atoms. The Morgan fingerprint density at radius 3 is 1.15 bits per heavy atom. The van der Waals surface area contributed by atoms with Crippen LogP contribution in [0.3, 0.4) is 0 Å². The maximum absolute atomic E-state index is 14.1. The molecule has 0 saturated heterocycles. The molecule has 6 saturated carbocycles. The van der Waals surface area contributed by atoms with Crippen molar-refractivity contribution in [3.8, 4) is 0 Å². The van der Waals surface area contributed by atoms with Gasteiger partial charge in [0.1, 0.15) is 23.0 Å². The largest absolute Gasteiger partial charge is 0.460 e. The predicted molar refractivity (Wildman–Crippen MR) is 259 cm³/mol. The molecular formula is C55H89N3O9. The van der Waals surface area contributed by atoms with Crippen LogP contribution in [0.4, 0.5) is 0 Å². The van der Waals surface area contributed by atoms with Crippen molar-refractivity contribution in [2.45, 2.75) is 219 Å². The Kier molecular flexibility index (Phi) is 20.8. The van der Waals surface area contributed by atoms with Crippen LogP contribution in [-0.4, -0.2) is 65.3 Å². The second kappa shape index (κ2) is 26.1. The van der Waals surface area contributed by atoms with Gasteiger partial charge in [-0.15, -0.1) is 0 Å². The van der Waals surface area contributed by atoms with Crippen molar-refractivity contribution in [3.63, 3.8) is 0 Å². The lowest BCUT2D eigenvalue weighted by atomic mass is 9.70. The highest BCUT2D eigenvalue weighted by molar-refractivity contribution is 5.84. The molecule has 2 amide bonds. The number of esters is 1. The summed E-state index contributed by atoms with van der Waals surface area (Å²) in [6.07, 6.45) is 26.2. The second-order valence-electron chi connectivity index (χ2n) is 23.5. The molecule has 0 heterocycles. The summed E-state index contributed by atoms with van der Waals surface area (Å²) < 4.78 is 5.78. The van der Waals surface area contributed by atoms with E-state index < -0.39 is 5.60 Å². The number of ketones is 3. The van der Waals surface area contributed by atoms with Crippen LogP contribution in [0, 0.1) is 81.1 Å². The van der Waals surface area contributed by atoms with E-state index in [1.54, 1.807) is 0 Å². The molecule has 12 atom stereocenters. The van der Waals surface area contributed by atoms with E-state index in [1.165, 1.54) is 0 Å². The summed E-state index contributed by atoms with van der Waals surface area (Å²) in [7, 11) is 0. The fourth-order valence-electron chi connectivity index (χ4n) is 14.1. The van der Waals surface area contributed by atoms with E-state index in [9.17, 15) is 38.9 Å². The van der Waals surface area contributed by atoms with Crippen molar-refractivity contribution in [3.05, 3.63) is 10.1 Å². The first-order chi connectivity index (χ1) is 32.2. The fraction of sp³-hybridized carbons (Fsp3) is 0.891. The Bertz CT molecular complexity index is 1680. The van der Waals surface area contributed by atoms with Gasteiger partial charge in [-0.25, -0.2) is 0 Å². The Balaban J connectivity index is 0.949. The molecule has 6 rings (SSSR count). The number of carbonyl (C=O) groups excluding carboxylic acids is 6. The van der Waals surface area contributed by atoms with Crippen LogP contribution in [0.15, 0.2) is 0 Å². The van der Waals surface area contributed by atoms with Gasteiger partial charge < -0.3 is 15.4 Å². The number of ether oxygens (including phenoxy) is 1. The standard InChI is InChI=1S/C55H89N3O9/c1-55(2,3)67-54(64)48-27-15-6-18-39(48)30-33-51(61)45-24-12-7-19-40(45)34-56-52(62)46-25-13-5-17-38(46)29-32-49(59)43-22-10-4-16-37(43)28-31-50(60)44-23-11-8-20-41(44)35-57-53(63)47-26-14-9-21-42(47)36-58(65)66/h37-48H,4-36H2,1-3H3,(H,56,62)(H,57,63)/t37-,38-,39-,40-,41-,42-,43+,44+,45+,46+,47+,48+/m0/s1. The van der Waals surface area contributed by atoms with Crippen LogP contribution in [-0.2, 0) is 33.5 Å². The van der Waals surface area contributed by atoms with Gasteiger partial charge in [0.2, 0.25) is 18.4 Å². The van der Waals surface area contributed by atoms with Crippen molar-refractivity contribution in [1.29, 1.82) is 0 Å². The van der Waals surface area contributed by atoms with Gasteiger partial charge in [0.25, 0.3) is 0 Å². The smallest absolute Gasteiger partial charge is 0.309 e. The van der Waals surface area contributed by atoms with E-state index in [0.29, 0.717) is 51.0 Å². The number of hydrogen-bond donors (Lipinski definition) is 2. The van der Waals surface area contributed by atoms with E-state index in [0.717, 1.165) is 161 Å². The molecule has 12 nitrogen and oxygen atoms in total. The maximum Gasteiger partial charge on any atom is 0.309 e. The lowest BCUT2D eigenvalue weighted by molar-refractivity contribution is -0.490. The van der Waals surface area contributed by atoms with E-state index in [-0.39, 0.29) is 112 Å². The van der Waals surface area contributed by atoms with E-state index in [1.807, 2.05) is 20.8 Å². The summed E-state index contributed by atoms with van der Waals surface area (Å²) in [5.74, 6) is 0.464. The van der Waals surface area contributed by atoms with Crippen molar-refractivity contribution in [1.82, 2.24) is 10.6 Å². The van der Waals surface area contributed by atoms with Crippen LogP contribution in [0.2, 0.25) is 0 Å². The third kappa shape index (κ3) is 15.9. The zero-order chi connectivity index (χ0) is 47.9. The van der Waals surface area contributed by atoms with Gasteiger partial charge in [-0.05, 0) is 147 Å². The lowest BCUT2D eigenvalue weighted by Crippen LogP contribution is -2.43. The number of rotatable bonds is 21. The number of carbonyl (C=O) groups is 6. The zero-order valence-corrected chi connectivity index (χ0v) is 41.9. The molecule has 0 aromatic heterocycles. The lowest BCUT2D eigenvalue weighted by Gasteiger charge is -2.35. The average molecular weight is 936 g/mol. The Morgan fingerprint density at radius 1 is 0.448 bits per heavy atom. The summed E-state index contributed by atoms with van der Waals surface area (Å²) >= 11 is 0. The summed E-state index contributed by atoms with van der Waals surface area (Å²) in [6.45, 7) is 6.53. The molecule has 6 aliphatic carbocycles. The van der Waals surface area contributed by atoms with E-state index >= 15 is 0 Å². The predicted octanol–water partition coefficient (Wildman–Crippen LogP) is 10.7. The topological polar surface area (TPSA) is 179 Å². The molecular weight excluding hydrogens is 847 g/mol. The molecule has 0 spiro atoms. The van der Waals surface area contributed by atoms with Gasteiger partial charge in [0, 0.05) is 72.8 Å². The number of nitrogens with one attached hydrogen (secondary N) is 2. The Hall–Kier alpha value is -3.18. The second-order valence-corrected chi connectivity index (χ2v) is 23.5. The number of Topliss-reactive ketones (excluding diaryl/α,β-unsaturated/α-hetero) is 3. The zero-order valence-electron chi connectivity index (χ0n) is 41.9. The summed E-state index contributed by atoms with van der Waals surface area (Å²) in [5.41, 5.74) is -0.523. The van der Waals surface area contributed by atoms with Gasteiger partial charge in [-0.2, -0.15) is 0 Å². The summed E-state index contributed by atoms with van der Waals surface area (Å²) in [6, 6.07) is 0.